The zero-order chi connectivity index (χ0) is 14.8. The molecular formula is C16H27NO3. The molecule has 1 aromatic carbocycles. The number of methoxy groups -OCH3 is 1. The topological polar surface area (TPSA) is 50.7 Å². The fourth-order valence-corrected chi connectivity index (χ4v) is 1.82. The molecule has 0 saturated heterocycles. The number of nitrogens with one attached hydrogen (secondary N) is 1. The Hall–Kier alpha value is -0.940. The van der Waals surface area contributed by atoms with Crippen molar-refractivity contribution >= 4 is 0 Å². The Labute approximate surface area is 122 Å². The molecule has 0 aromatic heterocycles. The normalized spacial score (nSPS) is 12.8. The van der Waals surface area contributed by atoms with Gasteiger partial charge >= 0.3 is 0 Å². The number of hydrogen-bond acceptors (Lipinski definition) is 4. The summed E-state index contributed by atoms with van der Waals surface area (Å²) >= 11 is 0. The average molecular weight is 281 g/mol. The molecular weight excluding hydrogens is 254 g/mol. The van der Waals surface area contributed by atoms with Crippen LogP contribution < -0.4 is 5.32 Å². The van der Waals surface area contributed by atoms with E-state index in [2.05, 4.69) is 43.4 Å². The van der Waals surface area contributed by atoms with E-state index in [1.807, 2.05) is 0 Å². The fourth-order valence-electron chi connectivity index (χ4n) is 1.82. The molecule has 0 heterocycles. The van der Waals surface area contributed by atoms with Crippen LogP contribution in [0.2, 0.25) is 0 Å². The highest BCUT2D eigenvalue weighted by Crippen LogP contribution is 2.14. The second kappa shape index (κ2) is 9.88. The first kappa shape index (κ1) is 17.1. The summed E-state index contributed by atoms with van der Waals surface area (Å²) in [6.07, 6.45) is -0.484. The van der Waals surface area contributed by atoms with Crippen LogP contribution in [0.25, 0.3) is 0 Å². The van der Waals surface area contributed by atoms with E-state index < -0.39 is 6.10 Å². The Kier molecular flexibility index (Phi) is 8.46. The first-order valence-corrected chi connectivity index (χ1v) is 7.17. The van der Waals surface area contributed by atoms with Crippen molar-refractivity contribution in [2.45, 2.75) is 32.4 Å². The van der Waals surface area contributed by atoms with E-state index in [-0.39, 0.29) is 0 Å². The summed E-state index contributed by atoms with van der Waals surface area (Å²) < 4.78 is 10.1. The lowest BCUT2D eigenvalue weighted by Crippen LogP contribution is -2.30. The third-order valence-electron chi connectivity index (χ3n) is 3.10. The molecule has 0 amide bonds. The largest absolute Gasteiger partial charge is 0.389 e. The van der Waals surface area contributed by atoms with Gasteiger partial charge in [-0.3, -0.25) is 0 Å². The SMILES string of the molecule is COCCOCC(O)CNCc1ccc(C(C)C)cc1. The van der Waals surface area contributed by atoms with Crippen molar-refractivity contribution in [2.75, 3.05) is 33.5 Å². The van der Waals surface area contributed by atoms with Crippen molar-refractivity contribution in [3.05, 3.63) is 35.4 Å². The van der Waals surface area contributed by atoms with Crippen LogP contribution >= 0.6 is 0 Å². The Bertz CT molecular complexity index is 351. The molecule has 0 aliphatic heterocycles. The van der Waals surface area contributed by atoms with E-state index in [4.69, 9.17) is 9.47 Å². The lowest BCUT2D eigenvalue weighted by atomic mass is 10.0. The van der Waals surface area contributed by atoms with Crippen molar-refractivity contribution in [3.8, 4) is 0 Å². The van der Waals surface area contributed by atoms with Gasteiger partial charge in [0.25, 0.3) is 0 Å². The first-order valence-electron chi connectivity index (χ1n) is 7.17. The molecule has 0 aliphatic rings. The number of aliphatic hydroxyl groups is 1. The predicted octanol–water partition coefficient (Wildman–Crippen LogP) is 1.92. The number of rotatable bonds is 10. The molecule has 0 aliphatic carbocycles. The van der Waals surface area contributed by atoms with Crippen LogP contribution in [-0.4, -0.2) is 44.7 Å². The van der Waals surface area contributed by atoms with Gasteiger partial charge < -0.3 is 19.9 Å². The van der Waals surface area contributed by atoms with Crippen molar-refractivity contribution in [3.63, 3.8) is 0 Å². The maximum absolute atomic E-state index is 9.72. The molecule has 20 heavy (non-hydrogen) atoms. The molecule has 4 nitrogen and oxygen atoms in total. The van der Waals surface area contributed by atoms with E-state index in [0.29, 0.717) is 32.3 Å². The molecule has 0 radical (unpaired) electrons. The lowest BCUT2D eigenvalue weighted by Gasteiger charge is -2.13. The molecule has 4 heteroatoms. The molecule has 1 unspecified atom stereocenters. The molecule has 1 rings (SSSR count). The van der Waals surface area contributed by atoms with E-state index in [0.717, 1.165) is 6.54 Å². The van der Waals surface area contributed by atoms with Gasteiger partial charge in [0.2, 0.25) is 0 Å². The third-order valence-corrected chi connectivity index (χ3v) is 3.10. The standard InChI is InChI=1S/C16H27NO3/c1-13(2)15-6-4-14(5-7-15)10-17-11-16(18)12-20-9-8-19-3/h4-7,13,16-18H,8-12H2,1-3H3. The summed E-state index contributed by atoms with van der Waals surface area (Å²) in [4.78, 5) is 0. The molecule has 0 saturated carbocycles. The van der Waals surface area contributed by atoms with Gasteiger partial charge in [-0.2, -0.15) is 0 Å². The Morgan fingerprint density at radius 1 is 1.15 bits per heavy atom. The summed E-state index contributed by atoms with van der Waals surface area (Å²) in [7, 11) is 1.63. The smallest absolute Gasteiger partial charge is 0.0897 e. The monoisotopic (exact) mass is 281 g/mol. The first-order chi connectivity index (χ1) is 9.63. The van der Waals surface area contributed by atoms with Crippen LogP contribution in [0.15, 0.2) is 24.3 Å². The van der Waals surface area contributed by atoms with Crippen molar-refractivity contribution in [2.24, 2.45) is 0 Å². The van der Waals surface area contributed by atoms with Crippen LogP contribution in [0.3, 0.4) is 0 Å². The molecule has 1 atom stereocenters. The second-order valence-electron chi connectivity index (χ2n) is 5.25. The van der Waals surface area contributed by atoms with Crippen molar-refractivity contribution in [1.29, 1.82) is 0 Å². The maximum atomic E-state index is 9.72. The highest BCUT2D eigenvalue weighted by Gasteiger charge is 2.04. The van der Waals surface area contributed by atoms with Crippen LogP contribution in [0, 0.1) is 0 Å². The van der Waals surface area contributed by atoms with Crippen molar-refractivity contribution < 1.29 is 14.6 Å². The molecule has 0 fully saturated rings. The Morgan fingerprint density at radius 2 is 1.85 bits per heavy atom. The van der Waals surface area contributed by atoms with Gasteiger partial charge in [0.15, 0.2) is 0 Å². The highest BCUT2D eigenvalue weighted by molar-refractivity contribution is 5.24. The van der Waals surface area contributed by atoms with E-state index >= 15 is 0 Å². The molecule has 0 bridgehead atoms. The molecule has 2 N–H and O–H groups in total. The molecule has 1 aromatic rings. The van der Waals surface area contributed by atoms with E-state index in [9.17, 15) is 5.11 Å². The number of hydrogen-bond donors (Lipinski definition) is 2. The number of aliphatic hydroxyl groups excluding tert-OH is 1. The fraction of sp³-hybridized carbons (Fsp3) is 0.625. The minimum atomic E-state index is -0.484. The summed E-state index contributed by atoms with van der Waals surface area (Å²) in [6.45, 7) is 7.07. The second-order valence-corrected chi connectivity index (χ2v) is 5.25. The van der Waals surface area contributed by atoms with Gasteiger partial charge in [-0.05, 0) is 17.0 Å². The van der Waals surface area contributed by atoms with Gasteiger partial charge in [0.05, 0.1) is 25.9 Å². The highest BCUT2D eigenvalue weighted by atomic mass is 16.5. The zero-order valence-electron chi connectivity index (χ0n) is 12.8. The van der Waals surface area contributed by atoms with Crippen LogP contribution in [0.5, 0.6) is 0 Å². The summed E-state index contributed by atoms with van der Waals surface area (Å²) in [6, 6.07) is 8.57. The van der Waals surface area contributed by atoms with Crippen LogP contribution in [0.1, 0.15) is 30.9 Å². The molecule has 0 spiro atoms. The predicted molar refractivity (Wildman–Crippen MR) is 80.9 cm³/mol. The summed E-state index contributed by atoms with van der Waals surface area (Å²) in [5, 5.41) is 12.9. The minimum absolute atomic E-state index is 0.336. The third kappa shape index (κ3) is 7.01. The lowest BCUT2D eigenvalue weighted by molar-refractivity contribution is 0.0137. The quantitative estimate of drug-likeness (QED) is 0.643. The summed E-state index contributed by atoms with van der Waals surface area (Å²) in [5.74, 6) is 0.558. The van der Waals surface area contributed by atoms with Gasteiger partial charge in [-0.1, -0.05) is 38.1 Å². The molecule has 114 valence electrons. The average Bonchev–Trinajstić information content (AvgIpc) is 2.44. The Morgan fingerprint density at radius 3 is 2.45 bits per heavy atom. The Balaban J connectivity index is 2.16. The number of benzene rings is 1. The van der Waals surface area contributed by atoms with Crippen LogP contribution in [0.4, 0.5) is 0 Å². The van der Waals surface area contributed by atoms with Gasteiger partial charge in [-0.15, -0.1) is 0 Å². The van der Waals surface area contributed by atoms with E-state index in [1.54, 1.807) is 7.11 Å². The van der Waals surface area contributed by atoms with Gasteiger partial charge in [0.1, 0.15) is 0 Å². The maximum Gasteiger partial charge on any atom is 0.0897 e. The number of ether oxygens (including phenoxy) is 2. The van der Waals surface area contributed by atoms with Crippen molar-refractivity contribution in [1.82, 2.24) is 5.32 Å². The van der Waals surface area contributed by atoms with Gasteiger partial charge in [-0.25, -0.2) is 0 Å². The van der Waals surface area contributed by atoms with Gasteiger partial charge in [0, 0.05) is 20.2 Å². The minimum Gasteiger partial charge on any atom is -0.389 e. The zero-order valence-corrected chi connectivity index (χ0v) is 12.8. The van der Waals surface area contributed by atoms with E-state index in [1.165, 1.54) is 11.1 Å². The summed E-state index contributed by atoms with van der Waals surface area (Å²) in [5.41, 5.74) is 2.57. The van der Waals surface area contributed by atoms with Crippen LogP contribution in [-0.2, 0) is 16.0 Å².